The number of nitrogens with two attached hydrogens (primary N) is 1. The number of hydrogen-bond acceptors (Lipinski definition) is 8. The highest BCUT2D eigenvalue weighted by Crippen LogP contribution is 2.31. The van der Waals surface area contributed by atoms with Crippen LogP contribution in [0.4, 0.5) is 17.5 Å². The van der Waals surface area contributed by atoms with Gasteiger partial charge in [-0.05, 0) is 64.5 Å². The maximum absolute atomic E-state index is 12.8. The molecule has 1 aliphatic heterocycles. The molecule has 4 rings (SSSR count). The van der Waals surface area contributed by atoms with Crippen molar-refractivity contribution in [2.24, 2.45) is 0 Å². The number of aromatic nitrogens is 3. The molecule has 0 spiro atoms. The summed E-state index contributed by atoms with van der Waals surface area (Å²) < 4.78 is 7.86. The van der Waals surface area contributed by atoms with Crippen LogP contribution in [0.15, 0.2) is 29.2 Å². The first-order valence-corrected chi connectivity index (χ1v) is 10.7. The second-order valence-electron chi connectivity index (χ2n) is 8.38. The standard InChI is InChI=1S/C23H29N7O2/c1-5-30-21(25)19(13(2)24)20(31)17-11-26-23(28-22(17)30)27-15-7-9-18-14(10-15)6-8-16(32-18)12-29(3)4/h7,9-11,16,24H,5-6,8,12,25H2,1-4H3,(H,26,27,28). The van der Waals surface area contributed by atoms with E-state index in [0.29, 0.717) is 23.5 Å². The van der Waals surface area contributed by atoms with Crippen LogP contribution >= 0.6 is 0 Å². The van der Waals surface area contributed by atoms with E-state index in [1.807, 2.05) is 33.2 Å². The van der Waals surface area contributed by atoms with E-state index in [2.05, 4.69) is 26.3 Å². The van der Waals surface area contributed by atoms with E-state index in [9.17, 15) is 4.79 Å². The lowest BCUT2D eigenvalue weighted by molar-refractivity contribution is 0.137. The number of nitrogen functional groups attached to an aromatic ring is 1. The number of anilines is 3. The van der Waals surface area contributed by atoms with Crippen molar-refractivity contribution in [1.29, 1.82) is 5.41 Å². The third kappa shape index (κ3) is 4.03. The summed E-state index contributed by atoms with van der Waals surface area (Å²) in [6.45, 7) is 4.89. The lowest BCUT2D eigenvalue weighted by Gasteiger charge is -2.28. The Kier molecular flexibility index (Phi) is 5.84. The maximum Gasteiger partial charge on any atom is 0.229 e. The van der Waals surface area contributed by atoms with Gasteiger partial charge in [-0.3, -0.25) is 4.79 Å². The summed E-state index contributed by atoms with van der Waals surface area (Å²) in [5, 5.41) is 11.5. The van der Waals surface area contributed by atoms with Crippen LogP contribution in [0.2, 0.25) is 0 Å². The number of nitrogens with one attached hydrogen (secondary N) is 2. The van der Waals surface area contributed by atoms with E-state index in [-0.39, 0.29) is 28.6 Å². The van der Waals surface area contributed by atoms with Crippen LogP contribution in [-0.2, 0) is 13.0 Å². The minimum Gasteiger partial charge on any atom is -0.489 e. The van der Waals surface area contributed by atoms with Gasteiger partial charge in [-0.1, -0.05) is 0 Å². The van der Waals surface area contributed by atoms with Crippen molar-refractivity contribution in [3.8, 4) is 5.75 Å². The van der Waals surface area contributed by atoms with Crippen LogP contribution in [0.5, 0.6) is 5.75 Å². The fraction of sp³-hybridized carbons (Fsp3) is 0.391. The molecule has 32 heavy (non-hydrogen) atoms. The van der Waals surface area contributed by atoms with E-state index in [1.54, 1.807) is 11.5 Å². The summed E-state index contributed by atoms with van der Waals surface area (Å²) in [7, 11) is 4.10. The molecule has 3 aromatic rings. The van der Waals surface area contributed by atoms with E-state index < -0.39 is 0 Å². The van der Waals surface area contributed by atoms with Gasteiger partial charge in [0.15, 0.2) is 5.65 Å². The predicted octanol–water partition coefficient (Wildman–Crippen LogP) is 2.78. The zero-order chi connectivity index (χ0) is 23.0. The van der Waals surface area contributed by atoms with Gasteiger partial charge >= 0.3 is 0 Å². The van der Waals surface area contributed by atoms with Gasteiger partial charge in [0.25, 0.3) is 0 Å². The summed E-state index contributed by atoms with van der Waals surface area (Å²) in [6, 6.07) is 5.96. The highest BCUT2D eigenvalue weighted by atomic mass is 16.5. The number of fused-ring (bicyclic) bond motifs is 2. The van der Waals surface area contributed by atoms with Crippen molar-refractivity contribution < 1.29 is 4.74 Å². The highest BCUT2D eigenvalue weighted by molar-refractivity contribution is 6.03. The number of benzene rings is 1. The van der Waals surface area contributed by atoms with Crippen LogP contribution < -0.4 is 21.2 Å². The average Bonchev–Trinajstić information content (AvgIpc) is 2.73. The molecule has 0 fully saturated rings. The second kappa shape index (κ2) is 8.58. The molecule has 9 heteroatoms. The van der Waals surface area contributed by atoms with Crippen LogP contribution in [0, 0.1) is 5.41 Å². The fourth-order valence-electron chi connectivity index (χ4n) is 4.17. The molecule has 0 radical (unpaired) electrons. The Morgan fingerprint density at radius 1 is 1.41 bits per heavy atom. The minimum absolute atomic E-state index is 0.128. The van der Waals surface area contributed by atoms with Gasteiger partial charge in [-0.15, -0.1) is 0 Å². The molecular formula is C23H29N7O2. The Labute approximate surface area is 186 Å². The molecule has 4 N–H and O–H groups in total. The van der Waals surface area contributed by atoms with Crippen molar-refractivity contribution >= 4 is 34.2 Å². The summed E-state index contributed by atoms with van der Waals surface area (Å²) in [6.07, 6.45) is 3.61. The SMILES string of the molecule is CCn1c(N)c(C(C)=N)c(=O)c2cnc(Nc3ccc4c(c3)CCC(CN(C)C)O4)nc21. The maximum atomic E-state index is 12.8. The van der Waals surface area contributed by atoms with Gasteiger partial charge in [0.05, 0.1) is 10.9 Å². The molecule has 0 amide bonds. The van der Waals surface area contributed by atoms with Crippen LogP contribution in [-0.4, -0.2) is 51.9 Å². The number of ether oxygens (including phenoxy) is 1. The lowest BCUT2D eigenvalue weighted by atomic mass is 10.0. The Balaban J connectivity index is 1.65. The largest absolute Gasteiger partial charge is 0.489 e. The number of aryl methyl sites for hydroxylation is 2. The molecule has 1 aliphatic rings. The van der Waals surface area contributed by atoms with Gasteiger partial charge in [0, 0.05) is 30.7 Å². The molecule has 3 heterocycles. The number of nitrogens with zero attached hydrogens (tertiary/aromatic N) is 4. The van der Waals surface area contributed by atoms with Gasteiger partial charge in [0.1, 0.15) is 17.7 Å². The smallest absolute Gasteiger partial charge is 0.229 e. The van der Waals surface area contributed by atoms with Crippen molar-refractivity contribution in [3.05, 3.63) is 45.7 Å². The first kappa shape index (κ1) is 21.8. The molecule has 0 bridgehead atoms. The third-order valence-corrected chi connectivity index (χ3v) is 5.65. The first-order chi connectivity index (χ1) is 15.3. The van der Waals surface area contributed by atoms with E-state index in [1.165, 1.54) is 6.20 Å². The van der Waals surface area contributed by atoms with E-state index in [4.69, 9.17) is 15.9 Å². The molecule has 1 aromatic carbocycles. The van der Waals surface area contributed by atoms with Gasteiger partial charge in [-0.2, -0.15) is 4.98 Å². The molecule has 0 aliphatic carbocycles. The van der Waals surface area contributed by atoms with E-state index in [0.717, 1.165) is 36.4 Å². The van der Waals surface area contributed by atoms with Crippen LogP contribution in [0.1, 0.15) is 31.4 Å². The summed E-state index contributed by atoms with van der Waals surface area (Å²) in [5.74, 6) is 1.54. The average molecular weight is 436 g/mol. The minimum atomic E-state index is -0.320. The predicted molar refractivity (Wildman–Crippen MR) is 127 cm³/mol. The molecule has 9 nitrogen and oxygen atoms in total. The molecular weight excluding hydrogens is 406 g/mol. The van der Waals surface area contributed by atoms with Gasteiger partial charge < -0.3 is 30.7 Å². The number of hydrogen-bond donors (Lipinski definition) is 3. The Bertz CT molecular complexity index is 1250. The first-order valence-electron chi connectivity index (χ1n) is 10.7. The molecule has 1 unspecified atom stereocenters. The number of likely N-dealkylation sites (N-methyl/N-ethyl adjacent to an activating group) is 1. The molecule has 1 atom stereocenters. The topological polar surface area (TPSA) is 122 Å². The Hall–Kier alpha value is -3.46. The Morgan fingerprint density at radius 3 is 2.88 bits per heavy atom. The summed E-state index contributed by atoms with van der Waals surface area (Å²) in [5.41, 5.74) is 8.66. The van der Waals surface area contributed by atoms with Gasteiger partial charge in [0.2, 0.25) is 11.4 Å². The molecule has 168 valence electrons. The summed E-state index contributed by atoms with van der Waals surface area (Å²) >= 11 is 0. The van der Waals surface area contributed by atoms with Gasteiger partial charge in [-0.25, -0.2) is 4.98 Å². The monoisotopic (exact) mass is 435 g/mol. The normalized spacial score (nSPS) is 15.5. The van der Waals surface area contributed by atoms with E-state index >= 15 is 0 Å². The zero-order valence-electron chi connectivity index (χ0n) is 18.9. The molecule has 0 saturated heterocycles. The van der Waals surface area contributed by atoms with Crippen molar-refractivity contribution in [2.75, 3.05) is 31.7 Å². The number of rotatable bonds is 6. The third-order valence-electron chi connectivity index (χ3n) is 5.65. The summed E-state index contributed by atoms with van der Waals surface area (Å²) in [4.78, 5) is 23.9. The fourth-order valence-corrected chi connectivity index (χ4v) is 4.17. The van der Waals surface area contributed by atoms with Crippen LogP contribution in [0.3, 0.4) is 0 Å². The Morgan fingerprint density at radius 2 is 2.19 bits per heavy atom. The lowest BCUT2D eigenvalue weighted by Crippen LogP contribution is -2.33. The van der Waals surface area contributed by atoms with Crippen LogP contribution in [0.25, 0.3) is 11.0 Å². The molecule has 2 aromatic heterocycles. The van der Waals surface area contributed by atoms with Crippen molar-refractivity contribution in [2.45, 2.75) is 39.3 Å². The second-order valence-corrected chi connectivity index (χ2v) is 8.38. The highest BCUT2D eigenvalue weighted by Gasteiger charge is 2.21. The molecule has 0 saturated carbocycles. The number of pyridine rings is 1. The van der Waals surface area contributed by atoms with Crippen molar-refractivity contribution in [1.82, 2.24) is 19.4 Å². The van der Waals surface area contributed by atoms with Crippen molar-refractivity contribution in [3.63, 3.8) is 0 Å². The zero-order valence-corrected chi connectivity index (χ0v) is 18.9. The quantitative estimate of drug-likeness (QED) is 0.509.